The molecule has 1 atom stereocenters. The molecule has 2 aromatic rings. The van der Waals surface area contributed by atoms with E-state index in [1.165, 1.54) is 0 Å². The molecular weight excluding hydrogens is 264 g/mol. The lowest BCUT2D eigenvalue weighted by molar-refractivity contribution is -0.0751. The lowest BCUT2D eigenvalue weighted by Gasteiger charge is -2.42. The minimum atomic E-state index is -0.199. The van der Waals surface area contributed by atoms with Gasteiger partial charge in [-0.2, -0.15) is 0 Å². The number of fused-ring (bicyclic) bond motifs is 1. The molecule has 3 rings (SSSR count). The van der Waals surface area contributed by atoms with Gasteiger partial charge in [-0.05, 0) is 32.2 Å². The van der Waals surface area contributed by atoms with Crippen molar-refractivity contribution in [1.82, 2.24) is 4.98 Å². The Balaban J connectivity index is 2.10. The number of hydrogen-bond donors (Lipinski definition) is 1. The summed E-state index contributed by atoms with van der Waals surface area (Å²) < 4.78 is 5.98. The molecule has 0 saturated carbocycles. The Labute approximate surface area is 125 Å². The molecular formula is C17H22N2O2. The molecule has 21 heavy (non-hydrogen) atoms. The molecule has 1 fully saturated rings. The summed E-state index contributed by atoms with van der Waals surface area (Å²) in [4.78, 5) is 6.94. The van der Waals surface area contributed by atoms with Crippen LogP contribution in [-0.2, 0) is 11.3 Å². The van der Waals surface area contributed by atoms with Crippen LogP contribution >= 0.6 is 0 Å². The number of aliphatic hydroxyl groups excluding tert-OH is 1. The first kappa shape index (κ1) is 14.3. The van der Waals surface area contributed by atoms with Crippen LogP contribution in [0, 0.1) is 0 Å². The SMILES string of the molecule is CC1CN(c2nc(CO)cc3ccccc23)CC(C)(C)O1. The quantitative estimate of drug-likeness (QED) is 0.922. The van der Waals surface area contributed by atoms with Crippen molar-refractivity contribution in [2.75, 3.05) is 18.0 Å². The summed E-state index contributed by atoms with van der Waals surface area (Å²) in [5.41, 5.74) is 0.510. The van der Waals surface area contributed by atoms with Gasteiger partial charge in [-0.1, -0.05) is 24.3 Å². The third-order valence-electron chi connectivity index (χ3n) is 3.80. The van der Waals surface area contributed by atoms with Crippen molar-refractivity contribution in [3.63, 3.8) is 0 Å². The molecule has 1 aliphatic heterocycles. The molecule has 4 nitrogen and oxygen atoms in total. The zero-order valence-electron chi connectivity index (χ0n) is 12.8. The maximum absolute atomic E-state index is 9.47. The van der Waals surface area contributed by atoms with Crippen LogP contribution in [0.25, 0.3) is 10.8 Å². The average Bonchev–Trinajstić information content (AvgIpc) is 2.44. The van der Waals surface area contributed by atoms with E-state index in [1.54, 1.807) is 0 Å². The van der Waals surface area contributed by atoms with E-state index in [4.69, 9.17) is 4.74 Å². The van der Waals surface area contributed by atoms with Crippen molar-refractivity contribution in [2.45, 2.75) is 39.1 Å². The fourth-order valence-electron chi connectivity index (χ4n) is 3.17. The summed E-state index contributed by atoms with van der Waals surface area (Å²) in [6.45, 7) is 7.87. The van der Waals surface area contributed by atoms with Crippen LogP contribution in [-0.4, -0.2) is 34.9 Å². The van der Waals surface area contributed by atoms with Crippen LogP contribution in [0.15, 0.2) is 30.3 Å². The summed E-state index contributed by atoms with van der Waals surface area (Å²) in [5, 5.41) is 11.7. The molecule has 2 heterocycles. The molecule has 1 aromatic heterocycles. The fourth-order valence-corrected chi connectivity index (χ4v) is 3.17. The van der Waals surface area contributed by atoms with Gasteiger partial charge in [-0.25, -0.2) is 4.98 Å². The summed E-state index contributed by atoms with van der Waals surface area (Å²) in [6.07, 6.45) is 0.159. The predicted octanol–water partition coefficient (Wildman–Crippen LogP) is 2.73. The molecule has 0 spiro atoms. The number of pyridine rings is 1. The van der Waals surface area contributed by atoms with E-state index >= 15 is 0 Å². The Morgan fingerprint density at radius 1 is 1.38 bits per heavy atom. The minimum Gasteiger partial charge on any atom is -0.390 e. The number of rotatable bonds is 2. The Bertz CT molecular complexity index is 654. The van der Waals surface area contributed by atoms with Gasteiger partial charge in [0.15, 0.2) is 0 Å². The smallest absolute Gasteiger partial charge is 0.137 e. The summed E-state index contributed by atoms with van der Waals surface area (Å²) in [7, 11) is 0. The van der Waals surface area contributed by atoms with Crippen LogP contribution in [0.4, 0.5) is 5.82 Å². The van der Waals surface area contributed by atoms with Gasteiger partial charge >= 0.3 is 0 Å². The van der Waals surface area contributed by atoms with Gasteiger partial charge < -0.3 is 14.7 Å². The number of aromatic nitrogens is 1. The Kier molecular flexibility index (Phi) is 3.59. The summed E-state index contributed by atoms with van der Waals surface area (Å²) in [6, 6.07) is 10.1. The number of morpholine rings is 1. The van der Waals surface area contributed by atoms with E-state index in [0.717, 1.165) is 29.7 Å². The molecule has 1 aromatic carbocycles. The fraction of sp³-hybridized carbons (Fsp3) is 0.471. The van der Waals surface area contributed by atoms with E-state index in [1.807, 2.05) is 18.2 Å². The number of ether oxygens (including phenoxy) is 1. The highest BCUT2D eigenvalue weighted by Gasteiger charge is 2.32. The van der Waals surface area contributed by atoms with Crippen LogP contribution in [0.2, 0.25) is 0 Å². The van der Waals surface area contributed by atoms with Crippen molar-refractivity contribution in [1.29, 1.82) is 0 Å². The molecule has 1 saturated heterocycles. The lowest BCUT2D eigenvalue weighted by Crippen LogP contribution is -2.52. The minimum absolute atomic E-state index is 0.0406. The molecule has 1 aliphatic rings. The molecule has 0 amide bonds. The standard InChI is InChI=1S/C17H22N2O2/c1-12-9-19(11-17(2,3)21-12)16-15-7-5-4-6-13(15)8-14(10-20)18-16/h4-8,12,20H,9-11H2,1-3H3. The Morgan fingerprint density at radius 2 is 2.14 bits per heavy atom. The zero-order valence-corrected chi connectivity index (χ0v) is 12.8. The first-order valence-corrected chi connectivity index (χ1v) is 7.41. The molecule has 112 valence electrons. The second-order valence-electron chi connectivity index (χ2n) is 6.39. The van der Waals surface area contributed by atoms with Crippen molar-refractivity contribution < 1.29 is 9.84 Å². The van der Waals surface area contributed by atoms with Gasteiger partial charge in [-0.3, -0.25) is 0 Å². The van der Waals surface area contributed by atoms with E-state index < -0.39 is 0 Å². The van der Waals surface area contributed by atoms with Crippen LogP contribution in [0.3, 0.4) is 0 Å². The normalized spacial score (nSPS) is 21.7. The van der Waals surface area contributed by atoms with Gasteiger partial charge in [0, 0.05) is 18.5 Å². The van der Waals surface area contributed by atoms with Crippen molar-refractivity contribution in [2.24, 2.45) is 0 Å². The molecule has 1 N–H and O–H groups in total. The number of hydrogen-bond acceptors (Lipinski definition) is 4. The topological polar surface area (TPSA) is 45.6 Å². The van der Waals surface area contributed by atoms with E-state index in [2.05, 4.69) is 42.8 Å². The number of aliphatic hydroxyl groups is 1. The molecule has 1 unspecified atom stereocenters. The summed E-state index contributed by atoms with van der Waals surface area (Å²) >= 11 is 0. The van der Waals surface area contributed by atoms with Crippen LogP contribution < -0.4 is 4.90 Å². The molecule has 0 aliphatic carbocycles. The Hall–Kier alpha value is -1.65. The lowest BCUT2D eigenvalue weighted by atomic mass is 10.0. The molecule has 4 heteroatoms. The number of nitrogens with zero attached hydrogens (tertiary/aromatic N) is 2. The first-order valence-electron chi connectivity index (χ1n) is 7.41. The zero-order chi connectivity index (χ0) is 15.0. The van der Waals surface area contributed by atoms with Gasteiger partial charge in [0.05, 0.1) is 24.0 Å². The van der Waals surface area contributed by atoms with Crippen LogP contribution in [0.1, 0.15) is 26.5 Å². The number of benzene rings is 1. The van der Waals surface area contributed by atoms with E-state index in [0.29, 0.717) is 5.69 Å². The predicted molar refractivity (Wildman–Crippen MR) is 84.5 cm³/mol. The second-order valence-corrected chi connectivity index (χ2v) is 6.39. The molecule has 0 radical (unpaired) electrons. The van der Waals surface area contributed by atoms with Crippen molar-refractivity contribution in [3.8, 4) is 0 Å². The monoisotopic (exact) mass is 286 g/mol. The first-order chi connectivity index (χ1) is 9.98. The third-order valence-corrected chi connectivity index (χ3v) is 3.80. The van der Waals surface area contributed by atoms with Gasteiger partial charge in [0.25, 0.3) is 0 Å². The van der Waals surface area contributed by atoms with Gasteiger partial charge in [-0.15, -0.1) is 0 Å². The summed E-state index contributed by atoms with van der Waals surface area (Å²) in [5.74, 6) is 0.945. The largest absolute Gasteiger partial charge is 0.390 e. The molecule has 0 bridgehead atoms. The Morgan fingerprint density at radius 3 is 2.86 bits per heavy atom. The third kappa shape index (κ3) is 2.87. The maximum atomic E-state index is 9.47. The van der Waals surface area contributed by atoms with Gasteiger partial charge in [0.2, 0.25) is 0 Å². The highest BCUT2D eigenvalue weighted by Crippen LogP contribution is 2.30. The highest BCUT2D eigenvalue weighted by atomic mass is 16.5. The average molecular weight is 286 g/mol. The van der Waals surface area contributed by atoms with Crippen molar-refractivity contribution in [3.05, 3.63) is 36.0 Å². The van der Waals surface area contributed by atoms with Gasteiger partial charge in [0.1, 0.15) is 5.82 Å². The second kappa shape index (κ2) is 5.28. The highest BCUT2D eigenvalue weighted by molar-refractivity contribution is 5.92. The van der Waals surface area contributed by atoms with E-state index in [-0.39, 0.29) is 18.3 Å². The van der Waals surface area contributed by atoms with E-state index in [9.17, 15) is 5.11 Å². The van der Waals surface area contributed by atoms with Crippen molar-refractivity contribution >= 4 is 16.6 Å². The number of anilines is 1. The maximum Gasteiger partial charge on any atom is 0.137 e. The van der Waals surface area contributed by atoms with Crippen LogP contribution in [0.5, 0.6) is 0 Å².